The van der Waals surface area contributed by atoms with Crippen molar-refractivity contribution < 1.29 is 14.3 Å². The lowest BCUT2D eigenvalue weighted by molar-refractivity contribution is -0.0252. The number of aliphatic hydroxyl groups excluding tert-OH is 1. The molecule has 1 saturated heterocycles. The van der Waals surface area contributed by atoms with E-state index in [0.29, 0.717) is 28.3 Å². The molecule has 2 fully saturated rings. The van der Waals surface area contributed by atoms with Crippen LogP contribution in [0.15, 0.2) is 12.1 Å². The van der Waals surface area contributed by atoms with Gasteiger partial charge in [0.15, 0.2) is 14.5 Å². The van der Waals surface area contributed by atoms with Gasteiger partial charge in [-0.2, -0.15) is 5.26 Å². The predicted molar refractivity (Wildman–Crippen MR) is 121 cm³/mol. The zero-order chi connectivity index (χ0) is 22.6. The Morgan fingerprint density at radius 1 is 1.37 bits per heavy atom. The topological polar surface area (TPSA) is 76.8 Å². The van der Waals surface area contributed by atoms with Gasteiger partial charge in [0, 0.05) is 7.05 Å². The second kappa shape index (κ2) is 7.52. The quantitative estimate of drug-likeness (QED) is 0.657. The molecule has 1 aliphatic heterocycles. The molecule has 1 aromatic rings. The standard InChI is InChI=1S/C22H32ClN3O3Si/c1-14-16(11-10-15(13-24)18(14)23)26-19(27)22(25(5)20(26)28)12-8-9-17(22)29-30(6,7)21(2,3)4/h10-11,17,19,27H,8-9,12H2,1-7H3/t17-,19+,22+/m1/s1. The lowest BCUT2D eigenvalue weighted by Gasteiger charge is -2.45. The third-order valence-corrected chi connectivity index (χ3v) is 12.4. The minimum Gasteiger partial charge on any atom is -0.411 e. The third kappa shape index (κ3) is 3.25. The van der Waals surface area contributed by atoms with Gasteiger partial charge < -0.3 is 14.4 Å². The predicted octanol–water partition coefficient (Wildman–Crippen LogP) is 5.02. The van der Waals surface area contributed by atoms with Crippen LogP contribution in [0.2, 0.25) is 23.2 Å². The molecule has 0 unspecified atom stereocenters. The lowest BCUT2D eigenvalue weighted by Crippen LogP contribution is -2.60. The normalized spacial score (nSPS) is 27.3. The van der Waals surface area contributed by atoms with Gasteiger partial charge in [-0.1, -0.05) is 32.4 Å². The largest absolute Gasteiger partial charge is 0.411 e. The van der Waals surface area contributed by atoms with Crippen molar-refractivity contribution in [3.8, 4) is 6.07 Å². The van der Waals surface area contributed by atoms with Crippen molar-refractivity contribution in [2.75, 3.05) is 11.9 Å². The number of amides is 2. The molecule has 8 heteroatoms. The number of likely N-dealkylation sites (N-methyl/N-ethyl adjacent to an activating group) is 1. The van der Waals surface area contributed by atoms with Crippen LogP contribution in [-0.2, 0) is 4.43 Å². The third-order valence-electron chi connectivity index (χ3n) is 7.39. The van der Waals surface area contributed by atoms with Gasteiger partial charge >= 0.3 is 6.03 Å². The van der Waals surface area contributed by atoms with Crippen molar-refractivity contribution in [1.29, 1.82) is 5.26 Å². The highest BCUT2D eigenvalue weighted by atomic mass is 35.5. The van der Waals surface area contributed by atoms with Crippen LogP contribution in [0.1, 0.15) is 51.2 Å². The molecule has 3 atom stereocenters. The summed E-state index contributed by atoms with van der Waals surface area (Å²) in [4.78, 5) is 16.4. The molecular formula is C22H32ClN3O3Si. The fourth-order valence-electron chi connectivity index (χ4n) is 4.45. The molecule has 3 rings (SSSR count). The molecule has 1 aromatic carbocycles. The molecule has 0 aromatic heterocycles. The summed E-state index contributed by atoms with van der Waals surface area (Å²) in [6, 6.07) is 5.05. The first-order valence-corrected chi connectivity index (χ1v) is 13.7. The minimum atomic E-state index is -2.10. The van der Waals surface area contributed by atoms with E-state index in [-0.39, 0.29) is 17.2 Å². The molecule has 164 valence electrons. The van der Waals surface area contributed by atoms with Gasteiger partial charge in [0.1, 0.15) is 11.6 Å². The maximum atomic E-state index is 13.3. The zero-order valence-corrected chi connectivity index (χ0v) is 20.7. The number of benzene rings is 1. The number of anilines is 1. The van der Waals surface area contributed by atoms with Crippen LogP contribution in [0.5, 0.6) is 0 Å². The van der Waals surface area contributed by atoms with Crippen LogP contribution in [-0.4, -0.2) is 49.3 Å². The molecule has 1 saturated carbocycles. The van der Waals surface area contributed by atoms with Gasteiger partial charge in [0.2, 0.25) is 0 Å². The molecule has 1 N–H and O–H groups in total. The molecule has 1 heterocycles. The number of carbonyl (C=O) groups is 1. The summed E-state index contributed by atoms with van der Waals surface area (Å²) in [6.07, 6.45) is 1.07. The number of urea groups is 1. The van der Waals surface area contributed by atoms with Crippen LogP contribution in [0, 0.1) is 18.3 Å². The molecule has 30 heavy (non-hydrogen) atoms. The van der Waals surface area contributed by atoms with E-state index in [2.05, 4.69) is 39.9 Å². The molecular weight excluding hydrogens is 418 g/mol. The second-order valence-corrected chi connectivity index (χ2v) is 15.2. The summed E-state index contributed by atoms with van der Waals surface area (Å²) < 4.78 is 6.75. The summed E-state index contributed by atoms with van der Waals surface area (Å²) in [7, 11) is -0.354. The van der Waals surface area contributed by atoms with Crippen LogP contribution in [0.4, 0.5) is 10.5 Å². The number of hydrogen-bond acceptors (Lipinski definition) is 4. The van der Waals surface area contributed by atoms with Crippen LogP contribution in [0.25, 0.3) is 0 Å². The molecule has 0 bridgehead atoms. The smallest absolute Gasteiger partial charge is 0.327 e. The summed E-state index contributed by atoms with van der Waals surface area (Å²) in [5.41, 5.74) is 0.674. The Labute approximate surface area is 185 Å². The van der Waals surface area contributed by atoms with E-state index in [0.717, 1.165) is 12.8 Å². The van der Waals surface area contributed by atoms with Gasteiger partial charge in [-0.15, -0.1) is 0 Å². The van der Waals surface area contributed by atoms with E-state index in [9.17, 15) is 15.2 Å². The lowest BCUT2D eigenvalue weighted by atomic mass is 9.92. The first-order chi connectivity index (χ1) is 13.8. The molecule has 2 aliphatic rings. The maximum Gasteiger partial charge on any atom is 0.327 e. The summed E-state index contributed by atoms with van der Waals surface area (Å²) >= 11 is 6.35. The van der Waals surface area contributed by atoms with E-state index >= 15 is 0 Å². The second-order valence-electron chi connectivity index (χ2n) is 10.0. The van der Waals surface area contributed by atoms with Crippen LogP contribution in [0.3, 0.4) is 0 Å². The highest BCUT2D eigenvalue weighted by Gasteiger charge is 2.63. The van der Waals surface area contributed by atoms with Crippen molar-refractivity contribution in [3.63, 3.8) is 0 Å². The SMILES string of the molecule is Cc1c(N2C(=O)N(C)[C@]3(CCC[C@H]3O[Si](C)(C)C(C)(C)C)[C@@H]2O)ccc(C#N)c1Cl. The highest BCUT2D eigenvalue weighted by Crippen LogP contribution is 2.50. The molecule has 2 amide bonds. The number of aliphatic hydroxyl groups is 1. The van der Waals surface area contributed by atoms with Crippen LogP contribution < -0.4 is 4.90 Å². The van der Waals surface area contributed by atoms with Gasteiger partial charge in [-0.3, -0.25) is 4.90 Å². The van der Waals surface area contributed by atoms with Crippen LogP contribution >= 0.6 is 11.6 Å². The molecule has 0 radical (unpaired) electrons. The monoisotopic (exact) mass is 449 g/mol. The first-order valence-electron chi connectivity index (χ1n) is 10.4. The Hall–Kier alpha value is -1.59. The van der Waals surface area contributed by atoms with Gasteiger partial charge in [0.25, 0.3) is 0 Å². The Balaban J connectivity index is 2.03. The highest BCUT2D eigenvalue weighted by molar-refractivity contribution is 6.74. The Bertz CT molecular complexity index is 908. The van der Waals surface area contributed by atoms with Crippen molar-refractivity contribution in [3.05, 3.63) is 28.3 Å². The number of nitrogens with zero attached hydrogens (tertiary/aromatic N) is 3. The van der Waals surface area contributed by atoms with Gasteiger partial charge in [0.05, 0.1) is 22.4 Å². The number of hydrogen-bond donors (Lipinski definition) is 1. The fraction of sp³-hybridized carbons (Fsp3) is 0.636. The van der Waals surface area contributed by atoms with E-state index in [1.807, 2.05) is 0 Å². The maximum absolute atomic E-state index is 13.3. The molecule has 1 spiro atoms. The summed E-state index contributed by atoms with van der Waals surface area (Å²) in [5.74, 6) is 0. The number of halogens is 1. The average molecular weight is 450 g/mol. The Morgan fingerprint density at radius 3 is 2.57 bits per heavy atom. The fourth-order valence-corrected chi connectivity index (χ4v) is 6.04. The van der Waals surface area contributed by atoms with E-state index in [4.69, 9.17) is 16.0 Å². The van der Waals surface area contributed by atoms with E-state index in [1.165, 1.54) is 4.90 Å². The Kier molecular flexibility index (Phi) is 5.79. The van der Waals surface area contributed by atoms with Gasteiger partial charge in [-0.25, -0.2) is 4.79 Å². The number of nitriles is 1. The first kappa shape index (κ1) is 23.1. The zero-order valence-electron chi connectivity index (χ0n) is 18.9. The van der Waals surface area contributed by atoms with Crippen molar-refractivity contribution in [1.82, 2.24) is 4.90 Å². The van der Waals surface area contributed by atoms with Crippen molar-refractivity contribution in [2.24, 2.45) is 0 Å². The Morgan fingerprint density at radius 2 is 2.00 bits per heavy atom. The minimum absolute atomic E-state index is 0.0276. The molecule has 6 nitrogen and oxygen atoms in total. The number of carbonyl (C=O) groups excluding carboxylic acids is 1. The van der Waals surface area contributed by atoms with E-state index in [1.54, 1.807) is 31.0 Å². The van der Waals surface area contributed by atoms with Crippen molar-refractivity contribution in [2.45, 2.75) is 83.0 Å². The molecule has 1 aliphatic carbocycles. The van der Waals surface area contributed by atoms with E-state index < -0.39 is 20.1 Å². The average Bonchev–Trinajstić information content (AvgIpc) is 3.14. The summed E-state index contributed by atoms with van der Waals surface area (Å²) in [6.45, 7) is 12.7. The van der Waals surface area contributed by atoms with Gasteiger partial charge in [-0.05, 0) is 62.0 Å². The summed E-state index contributed by atoms with van der Waals surface area (Å²) in [5, 5.41) is 21.1. The van der Waals surface area contributed by atoms with Crippen molar-refractivity contribution >= 4 is 31.6 Å². The number of rotatable bonds is 3.